The Balaban J connectivity index is 1.79. The lowest BCUT2D eigenvalue weighted by Gasteiger charge is -2.31. The van der Waals surface area contributed by atoms with E-state index in [1.54, 1.807) is 13.2 Å². The number of hydrogen-bond donors (Lipinski definition) is 2. The van der Waals surface area contributed by atoms with Crippen molar-refractivity contribution in [2.75, 3.05) is 60.1 Å². The average molecular weight is 590 g/mol. The lowest BCUT2D eigenvalue weighted by molar-refractivity contribution is -0.121. The summed E-state index contributed by atoms with van der Waals surface area (Å²) in [6.45, 7) is 6.97. The van der Waals surface area contributed by atoms with Gasteiger partial charge in [0.05, 0.1) is 29.4 Å². The molecule has 1 aromatic carbocycles. The molecule has 1 amide bonds. The number of methoxy groups -OCH3 is 1. The van der Waals surface area contributed by atoms with Crippen LogP contribution in [0.2, 0.25) is 0 Å². The minimum absolute atomic E-state index is 0.0980. The Morgan fingerprint density at radius 3 is 2.56 bits per heavy atom. The fourth-order valence-corrected chi connectivity index (χ4v) is 6.10. The van der Waals surface area contributed by atoms with Gasteiger partial charge in [-0.3, -0.25) is 9.59 Å². The normalized spacial score (nSPS) is 14.9. The third-order valence-corrected chi connectivity index (χ3v) is 8.74. The minimum Gasteiger partial charge on any atom is -0.493 e. The van der Waals surface area contributed by atoms with Gasteiger partial charge in [0.2, 0.25) is 15.9 Å². The summed E-state index contributed by atoms with van der Waals surface area (Å²) in [5.74, 6) is 0.272. The lowest BCUT2D eigenvalue weighted by Crippen LogP contribution is -2.47. The van der Waals surface area contributed by atoms with E-state index in [1.807, 2.05) is 20.9 Å². The zero-order valence-corrected chi connectivity index (χ0v) is 24.9. The van der Waals surface area contributed by atoms with Gasteiger partial charge in [0.15, 0.2) is 5.52 Å². The van der Waals surface area contributed by atoms with E-state index in [0.29, 0.717) is 74.9 Å². The van der Waals surface area contributed by atoms with Gasteiger partial charge in [-0.2, -0.15) is 9.40 Å². The number of aromatic nitrogens is 4. The van der Waals surface area contributed by atoms with Gasteiger partial charge < -0.3 is 24.7 Å². The number of nitrogens with one attached hydrogen (secondary N) is 2. The van der Waals surface area contributed by atoms with Crippen molar-refractivity contribution in [3.63, 3.8) is 0 Å². The van der Waals surface area contributed by atoms with E-state index in [1.165, 1.54) is 21.1 Å². The number of hydrogen-bond acceptors (Lipinski definition) is 9. The first kappa shape index (κ1) is 30.6. The second kappa shape index (κ2) is 13.6. The largest absolute Gasteiger partial charge is 0.493 e. The fourth-order valence-electron chi connectivity index (χ4n) is 4.65. The second-order valence-electron chi connectivity index (χ2n) is 10.0. The molecule has 0 radical (unpaired) electrons. The highest BCUT2D eigenvalue weighted by atomic mass is 32.2. The van der Waals surface area contributed by atoms with E-state index in [9.17, 15) is 18.0 Å². The van der Waals surface area contributed by atoms with Crippen molar-refractivity contribution >= 4 is 27.0 Å². The monoisotopic (exact) mass is 589 g/mol. The van der Waals surface area contributed by atoms with Crippen LogP contribution >= 0.6 is 0 Å². The maximum absolute atomic E-state index is 13.5. The van der Waals surface area contributed by atoms with Crippen LogP contribution in [0.3, 0.4) is 0 Å². The summed E-state index contributed by atoms with van der Waals surface area (Å²) < 4.78 is 40.8. The predicted molar refractivity (Wildman–Crippen MR) is 155 cm³/mol. The molecule has 0 saturated carbocycles. The van der Waals surface area contributed by atoms with E-state index in [0.717, 1.165) is 12.8 Å². The minimum atomic E-state index is -3.78. The maximum atomic E-state index is 13.5. The van der Waals surface area contributed by atoms with Crippen LogP contribution in [0.1, 0.15) is 32.4 Å². The molecule has 2 aromatic heterocycles. The first-order chi connectivity index (χ1) is 19.7. The Bertz CT molecular complexity index is 1530. The molecular weight excluding hydrogens is 550 g/mol. The van der Waals surface area contributed by atoms with Crippen molar-refractivity contribution in [3.8, 4) is 17.1 Å². The van der Waals surface area contributed by atoms with Crippen molar-refractivity contribution in [2.45, 2.75) is 44.6 Å². The number of carbonyl (C=O) groups excluding carboxylic acids is 1. The Labute approximate surface area is 239 Å². The Morgan fingerprint density at radius 1 is 1.12 bits per heavy atom. The number of likely N-dealkylation sites (N-methyl/N-ethyl adjacent to an activating group) is 1. The van der Waals surface area contributed by atoms with Crippen LogP contribution < -0.4 is 15.6 Å². The highest BCUT2D eigenvalue weighted by Gasteiger charge is 2.29. The quantitative estimate of drug-likeness (QED) is 0.281. The zero-order valence-electron chi connectivity index (χ0n) is 24.1. The number of amides is 1. The number of aryl methyl sites for hydroxylation is 1. The summed E-state index contributed by atoms with van der Waals surface area (Å²) in [4.78, 5) is 35.7. The summed E-state index contributed by atoms with van der Waals surface area (Å²) in [5, 5.41) is 7.28. The summed E-state index contributed by atoms with van der Waals surface area (Å²) in [7, 11) is -0.274. The third-order valence-electron chi connectivity index (χ3n) is 6.84. The molecule has 3 heterocycles. The van der Waals surface area contributed by atoms with Crippen LogP contribution in [0.25, 0.3) is 22.4 Å². The highest BCUT2D eigenvalue weighted by molar-refractivity contribution is 7.89. The topological polar surface area (TPSA) is 152 Å². The summed E-state index contributed by atoms with van der Waals surface area (Å²) >= 11 is 0. The van der Waals surface area contributed by atoms with E-state index in [-0.39, 0.29) is 28.7 Å². The van der Waals surface area contributed by atoms with Gasteiger partial charge in [-0.05, 0) is 38.1 Å². The molecular formula is C27H39N7O6S. The van der Waals surface area contributed by atoms with E-state index >= 15 is 0 Å². The van der Waals surface area contributed by atoms with Crippen LogP contribution in [-0.4, -0.2) is 103 Å². The molecule has 1 saturated heterocycles. The van der Waals surface area contributed by atoms with Gasteiger partial charge in [-0.25, -0.2) is 18.1 Å². The smallest absolute Gasteiger partial charge is 0.277 e. The molecule has 13 nitrogen and oxygen atoms in total. The van der Waals surface area contributed by atoms with Crippen LogP contribution in [0, 0.1) is 0 Å². The first-order valence-electron chi connectivity index (χ1n) is 13.9. The molecule has 1 fully saturated rings. The summed E-state index contributed by atoms with van der Waals surface area (Å²) in [6.07, 6.45) is 2.03. The molecule has 14 heteroatoms. The fraction of sp³-hybridized carbons (Fsp3) is 0.556. The molecule has 0 spiro atoms. The van der Waals surface area contributed by atoms with Crippen molar-refractivity contribution in [1.82, 2.24) is 34.3 Å². The van der Waals surface area contributed by atoms with Crippen molar-refractivity contribution in [1.29, 1.82) is 0 Å². The molecule has 1 aliphatic heterocycles. The Morgan fingerprint density at radius 2 is 1.88 bits per heavy atom. The summed E-state index contributed by atoms with van der Waals surface area (Å²) in [6, 6.07) is 4.65. The molecule has 41 heavy (non-hydrogen) atoms. The van der Waals surface area contributed by atoms with Gasteiger partial charge in [-0.15, -0.1) is 0 Å². The van der Waals surface area contributed by atoms with Crippen LogP contribution in [-0.2, 0) is 32.5 Å². The van der Waals surface area contributed by atoms with Crippen molar-refractivity contribution in [3.05, 3.63) is 34.2 Å². The van der Waals surface area contributed by atoms with Crippen LogP contribution in [0.15, 0.2) is 27.9 Å². The number of ether oxygens (including phenoxy) is 2. The average Bonchev–Trinajstić information content (AvgIpc) is 3.29. The molecule has 224 valence electrons. The molecule has 4 rings (SSSR count). The maximum Gasteiger partial charge on any atom is 0.277 e. The number of fused-ring (bicyclic) bond motifs is 1. The van der Waals surface area contributed by atoms with Gasteiger partial charge >= 0.3 is 0 Å². The second-order valence-corrected chi connectivity index (χ2v) is 12.0. The van der Waals surface area contributed by atoms with Crippen molar-refractivity contribution in [2.24, 2.45) is 0 Å². The number of benzene rings is 1. The van der Waals surface area contributed by atoms with Crippen LogP contribution in [0.4, 0.5) is 0 Å². The molecule has 0 unspecified atom stereocenters. The zero-order chi connectivity index (χ0) is 29.6. The number of carbonyl (C=O) groups is 1. The molecule has 1 aliphatic rings. The molecule has 0 aliphatic carbocycles. The molecule has 2 N–H and O–H groups in total. The number of H-pyrrole nitrogens is 1. The number of nitrogens with zero attached hydrogens (tertiary/aromatic N) is 5. The van der Waals surface area contributed by atoms with Crippen molar-refractivity contribution < 1.29 is 22.7 Å². The van der Waals surface area contributed by atoms with E-state index in [2.05, 4.69) is 20.3 Å². The number of aromatic amines is 1. The SMILES string of the molecule is CCCOc1ccc(S(=O)(=O)N2CCN(C)CC2)cc1-c1nc2c(CCC)nn(CC(=O)NCCOC)c2c(=O)[nH]1. The predicted octanol–water partition coefficient (Wildman–Crippen LogP) is 1.23. The van der Waals surface area contributed by atoms with E-state index < -0.39 is 15.6 Å². The molecule has 0 atom stereocenters. The standard InChI is InChI=1S/C27H39N7O6S/c1-5-7-21-24-25(34(31-21)18-23(35)28-10-16-39-4)27(36)30-26(29-24)20-17-19(8-9-22(20)40-15-6-2)41(37,38)33-13-11-32(3)12-14-33/h8-9,17H,5-7,10-16,18H2,1-4H3,(H,28,35)(H,29,30,36). The highest BCUT2D eigenvalue weighted by Crippen LogP contribution is 2.32. The van der Waals surface area contributed by atoms with Gasteiger partial charge in [0.1, 0.15) is 23.6 Å². The molecule has 0 bridgehead atoms. The lowest BCUT2D eigenvalue weighted by atomic mass is 10.1. The first-order valence-corrected chi connectivity index (χ1v) is 15.3. The summed E-state index contributed by atoms with van der Waals surface area (Å²) in [5.41, 5.74) is 0.996. The van der Waals surface area contributed by atoms with Crippen LogP contribution in [0.5, 0.6) is 5.75 Å². The van der Waals surface area contributed by atoms with Gasteiger partial charge in [0.25, 0.3) is 5.56 Å². The van der Waals surface area contributed by atoms with E-state index in [4.69, 9.17) is 14.5 Å². The number of rotatable bonds is 13. The Kier molecular flexibility index (Phi) is 10.1. The molecule has 3 aromatic rings. The third kappa shape index (κ3) is 6.94. The number of piperazine rings is 1. The Hall–Kier alpha value is -3.33. The number of sulfonamides is 1. The van der Waals surface area contributed by atoms with Gasteiger partial charge in [0, 0.05) is 39.8 Å². The van der Waals surface area contributed by atoms with Gasteiger partial charge in [-0.1, -0.05) is 20.3 Å².